The van der Waals surface area contributed by atoms with Crippen LogP contribution in [0.5, 0.6) is 0 Å². The van der Waals surface area contributed by atoms with E-state index >= 15 is 0 Å². The number of nitro groups is 1. The van der Waals surface area contributed by atoms with Crippen LogP contribution in [0, 0.1) is 17.0 Å². The third kappa shape index (κ3) is 2.41. The van der Waals surface area contributed by atoms with E-state index in [0.717, 1.165) is 6.07 Å². The molecule has 0 N–H and O–H groups in total. The van der Waals surface area contributed by atoms with Gasteiger partial charge in [-0.1, -0.05) is 12.1 Å². The van der Waals surface area contributed by atoms with Crippen LogP contribution >= 0.6 is 0 Å². The predicted molar refractivity (Wildman–Crippen MR) is 42.2 cm³/mol. The summed E-state index contributed by atoms with van der Waals surface area (Å²) in [5.74, 6) is -1.53. The summed E-state index contributed by atoms with van der Waals surface area (Å²) < 4.78 is 0. The number of carboxylic acid groups (broad SMARTS) is 1. The van der Waals surface area contributed by atoms with Crippen LogP contribution < -0.4 is 5.11 Å². The largest absolute Gasteiger partial charge is 1.00 e. The van der Waals surface area contributed by atoms with Gasteiger partial charge in [0, 0.05) is 5.56 Å². The number of para-hydroxylation sites is 1. The molecule has 0 aliphatic rings. The molecule has 0 bridgehead atoms. The Morgan fingerprint density at radius 1 is 1.43 bits per heavy atom. The Balaban J connectivity index is 0.00000169. The number of carboxylic acids is 1. The van der Waals surface area contributed by atoms with Gasteiger partial charge in [-0.15, -0.1) is 0 Å². The second kappa shape index (κ2) is 4.90. The van der Waals surface area contributed by atoms with Gasteiger partial charge in [0.15, 0.2) is 0 Å². The van der Waals surface area contributed by atoms with Crippen molar-refractivity contribution < 1.29 is 37.2 Å². The first kappa shape index (κ1) is 12.8. The average molecular weight is 288 g/mol. The van der Waals surface area contributed by atoms with Crippen LogP contribution in [-0.2, 0) is 22.4 Å². The Labute approximate surface area is 95.4 Å². The number of benzene rings is 1. The first-order valence-corrected chi connectivity index (χ1v) is 3.49. The summed E-state index contributed by atoms with van der Waals surface area (Å²) in [5, 5.41) is 20.9. The number of nitrogens with zero attached hydrogens (tertiary/aromatic N) is 1. The maximum absolute atomic E-state index is 10.5. The Bertz CT molecular complexity index is 378. The molecule has 0 aromatic heterocycles. The van der Waals surface area contributed by atoms with Crippen LogP contribution in [0.2, 0.25) is 0 Å². The van der Waals surface area contributed by atoms with Crippen LogP contribution in [0.15, 0.2) is 18.2 Å². The number of carbonyl (C=O) groups excluding carboxylic acids is 1. The Kier molecular flexibility index (Phi) is 4.49. The Hall–Kier alpha value is -1.17. The minimum atomic E-state index is -1.53. The molecule has 0 saturated heterocycles. The molecule has 0 saturated carbocycles. The molecule has 14 heavy (non-hydrogen) atoms. The molecule has 0 radical (unpaired) electrons. The zero-order valence-corrected chi connectivity index (χ0v) is 8.60. The fraction of sp³-hybridized carbons (Fsp3) is 0.125. The molecule has 5 nitrogen and oxygen atoms in total. The second-order valence-corrected chi connectivity index (χ2v) is 2.52. The van der Waals surface area contributed by atoms with Gasteiger partial charge in [0.2, 0.25) is 0 Å². The Morgan fingerprint density at radius 2 is 2.00 bits per heavy atom. The van der Waals surface area contributed by atoms with Crippen LogP contribution in [0.3, 0.4) is 0 Å². The molecule has 0 unspecified atom stereocenters. The van der Waals surface area contributed by atoms with E-state index in [-0.39, 0.29) is 27.9 Å². The van der Waals surface area contributed by atoms with Gasteiger partial charge in [-0.3, -0.25) is 10.1 Å². The van der Waals surface area contributed by atoms with Crippen LogP contribution in [-0.4, -0.2) is 10.9 Å². The fourth-order valence-electron chi connectivity index (χ4n) is 1.07. The van der Waals surface area contributed by atoms with Gasteiger partial charge in [-0.25, -0.2) is 0 Å². The summed E-state index contributed by atoms with van der Waals surface area (Å²) in [5.41, 5.74) is -0.473. The van der Waals surface area contributed by atoms with Crippen LogP contribution in [0.25, 0.3) is 0 Å². The molecule has 0 spiro atoms. The number of aryl methyl sites for hydroxylation is 1. The topological polar surface area (TPSA) is 83.3 Å². The van der Waals surface area contributed by atoms with E-state index in [1.54, 1.807) is 0 Å². The van der Waals surface area contributed by atoms with Crippen molar-refractivity contribution in [2.24, 2.45) is 0 Å². The van der Waals surface area contributed by atoms with Crippen molar-refractivity contribution in [3.63, 3.8) is 0 Å². The summed E-state index contributed by atoms with van der Waals surface area (Å²) in [6.07, 6.45) is 0. The Morgan fingerprint density at radius 3 is 2.36 bits per heavy atom. The van der Waals surface area contributed by atoms with Gasteiger partial charge in [0.1, 0.15) is 0 Å². The average Bonchev–Trinajstić information content (AvgIpc) is 2.02. The minimum absolute atomic E-state index is 0. The summed E-state index contributed by atoms with van der Waals surface area (Å²) in [7, 11) is 0. The van der Waals surface area contributed by atoms with Gasteiger partial charge < -0.3 is 9.90 Å². The van der Waals surface area contributed by atoms with Gasteiger partial charge in [0.05, 0.1) is 16.5 Å². The molecule has 1 aromatic rings. The number of nitro benzene ring substituents is 1. The van der Waals surface area contributed by atoms with E-state index in [2.05, 4.69) is 0 Å². The summed E-state index contributed by atoms with van der Waals surface area (Å²) in [4.78, 5) is 20.2. The van der Waals surface area contributed by atoms with Gasteiger partial charge in [-0.05, 0) is 13.0 Å². The van der Waals surface area contributed by atoms with E-state index in [9.17, 15) is 20.0 Å². The summed E-state index contributed by atoms with van der Waals surface area (Å²) in [6, 6.07) is 4.07. The quantitative estimate of drug-likeness (QED) is 0.444. The minimum Gasteiger partial charge on any atom is -0.545 e. The molecular formula is C8H6AgNO4. The first-order valence-electron chi connectivity index (χ1n) is 3.49. The normalized spacial score (nSPS) is 8.93. The monoisotopic (exact) mass is 287 g/mol. The predicted octanol–water partition coefficient (Wildman–Crippen LogP) is 0.264. The van der Waals surface area contributed by atoms with Crippen molar-refractivity contribution in [1.82, 2.24) is 0 Å². The second-order valence-electron chi connectivity index (χ2n) is 2.52. The van der Waals surface area contributed by atoms with Crippen LogP contribution in [0.4, 0.5) is 5.69 Å². The van der Waals surface area contributed by atoms with E-state index in [1.165, 1.54) is 19.1 Å². The smallest absolute Gasteiger partial charge is 0.545 e. The molecule has 0 amide bonds. The molecule has 1 rings (SSSR count). The number of aromatic carboxylic acids is 1. The van der Waals surface area contributed by atoms with Crippen molar-refractivity contribution in [2.75, 3.05) is 0 Å². The molecule has 1 aromatic carbocycles. The van der Waals surface area contributed by atoms with E-state index in [4.69, 9.17) is 0 Å². The first-order chi connectivity index (χ1) is 6.04. The maximum Gasteiger partial charge on any atom is 1.00 e. The number of hydrogen-bond acceptors (Lipinski definition) is 4. The molecule has 0 fully saturated rings. The third-order valence-corrected chi connectivity index (χ3v) is 1.64. The van der Waals surface area contributed by atoms with Gasteiger partial charge in [0.25, 0.3) is 5.69 Å². The van der Waals surface area contributed by atoms with E-state index in [1.807, 2.05) is 0 Å². The maximum atomic E-state index is 10.5. The summed E-state index contributed by atoms with van der Waals surface area (Å²) in [6.45, 7) is 1.48. The molecule has 0 aliphatic carbocycles. The van der Waals surface area contributed by atoms with Gasteiger partial charge in [-0.2, -0.15) is 0 Å². The van der Waals surface area contributed by atoms with Crippen molar-refractivity contribution in [2.45, 2.75) is 6.92 Å². The number of hydrogen-bond donors (Lipinski definition) is 0. The van der Waals surface area contributed by atoms with E-state index in [0.29, 0.717) is 5.56 Å². The zero-order chi connectivity index (χ0) is 10.0. The standard InChI is InChI=1S/C8H7NO4.Ag/c1-5-3-2-4-6(8(10)11)7(5)9(12)13;/h2-4H,1H3,(H,10,11);/q;+1/p-1. The molecule has 78 valence electrons. The number of rotatable bonds is 2. The van der Waals surface area contributed by atoms with Crippen molar-refractivity contribution in [1.29, 1.82) is 0 Å². The van der Waals surface area contributed by atoms with Gasteiger partial charge >= 0.3 is 22.4 Å². The SMILES string of the molecule is Cc1cccc(C(=O)[O-])c1[N+](=O)[O-].[Ag+]. The summed E-state index contributed by atoms with van der Waals surface area (Å²) >= 11 is 0. The van der Waals surface area contributed by atoms with Crippen molar-refractivity contribution in [3.05, 3.63) is 39.4 Å². The van der Waals surface area contributed by atoms with Crippen molar-refractivity contribution in [3.8, 4) is 0 Å². The van der Waals surface area contributed by atoms with Crippen LogP contribution in [0.1, 0.15) is 15.9 Å². The molecule has 6 heteroatoms. The number of carbonyl (C=O) groups is 1. The molecular weight excluding hydrogens is 282 g/mol. The zero-order valence-electron chi connectivity index (χ0n) is 7.11. The van der Waals surface area contributed by atoms with Crippen molar-refractivity contribution >= 4 is 11.7 Å². The fourth-order valence-corrected chi connectivity index (χ4v) is 1.07. The molecule has 0 atom stereocenters. The third-order valence-electron chi connectivity index (χ3n) is 1.64. The molecule has 0 aliphatic heterocycles. The molecule has 0 heterocycles. The van der Waals surface area contributed by atoms with E-state index < -0.39 is 16.6 Å².